The van der Waals surface area contributed by atoms with Crippen LogP contribution < -0.4 is 10.6 Å². The Morgan fingerprint density at radius 3 is 2.80 bits per heavy atom. The van der Waals surface area contributed by atoms with Crippen molar-refractivity contribution < 1.29 is 4.79 Å². The Labute approximate surface area is 92.0 Å². The summed E-state index contributed by atoms with van der Waals surface area (Å²) in [5, 5.41) is 6.39. The number of amides is 1. The molecule has 2 aliphatic rings. The van der Waals surface area contributed by atoms with Gasteiger partial charge in [0.15, 0.2) is 0 Å². The fourth-order valence-electron chi connectivity index (χ4n) is 2.68. The van der Waals surface area contributed by atoms with Crippen molar-refractivity contribution in [2.24, 2.45) is 11.3 Å². The summed E-state index contributed by atoms with van der Waals surface area (Å²) < 4.78 is 0. The number of hydrogen-bond donors (Lipinski definition) is 2. The summed E-state index contributed by atoms with van der Waals surface area (Å²) in [5.74, 6) is 0.992. The molecule has 1 aliphatic carbocycles. The third-order valence-electron chi connectivity index (χ3n) is 3.94. The first kappa shape index (κ1) is 10.9. The lowest BCUT2D eigenvalue weighted by atomic mass is 9.88. The van der Waals surface area contributed by atoms with Gasteiger partial charge in [0, 0.05) is 13.1 Å². The van der Waals surface area contributed by atoms with Crippen molar-refractivity contribution in [1.29, 1.82) is 0 Å². The Morgan fingerprint density at radius 1 is 1.47 bits per heavy atom. The third-order valence-corrected chi connectivity index (χ3v) is 3.94. The van der Waals surface area contributed by atoms with E-state index in [0.29, 0.717) is 0 Å². The van der Waals surface area contributed by atoms with Crippen LogP contribution in [0.5, 0.6) is 0 Å². The Bertz CT molecular complexity index is 228. The maximum absolute atomic E-state index is 12.0. The lowest BCUT2D eigenvalue weighted by molar-refractivity contribution is -0.129. The highest BCUT2D eigenvalue weighted by molar-refractivity contribution is 5.82. The fourth-order valence-corrected chi connectivity index (χ4v) is 2.68. The minimum atomic E-state index is -0.154. The maximum atomic E-state index is 12.0. The van der Waals surface area contributed by atoms with E-state index >= 15 is 0 Å². The monoisotopic (exact) mass is 210 g/mol. The molecule has 0 aromatic heterocycles. The van der Waals surface area contributed by atoms with Crippen LogP contribution in [0.25, 0.3) is 0 Å². The molecule has 1 saturated heterocycles. The van der Waals surface area contributed by atoms with E-state index in [-0.39, 0.29) is 11.3 Å². The highest BCUT2D eigenvalue weighted by atomic mass is 16.2. The van der Waals surface area contributed by atoms with Gasteiger partial charge in [-0.15, -0.1) is 0 Å². The van der Waals surface area contributed by atoms with Gasteiger partial charge >= 0.3 is 0 Å². The van der Waals surface area contributed by atoms with E-state index in [1.54, 1.807) is 0 Å². The molecule has 1 heterocycles. The van der Waals surface area contributed by atoms with Crippen LogP contribution in [-0.2, 0) is 4.79 Å². The Morgan fingerprint density at radius 2 is 2.20 bits per heavy atom. The van der Waals surface area contributed by atoms with Crippen LogP contribution in [0, 0.1) is 11.3 Å². The second kappa shape index (κ2) is 4.52. The number of nitrogens with one attached hydrogen (secondary N) is 2. The van der Waals surface area contributed by atoms with Gasteiger partial charge in [0.1, 0.15) is 0 Å². The van der Waals surface area contributed by atoms with Crippen molar-refractivity contribution in [1.82, 2.24) is 10.6 Å². The Balaban J connectivity index is 1.76. The average molecular weight is 210 g/mol. The molecule has 0 spiro atoms. The summed E-state index contributed by atoms with van der Waals surface area (Å²) >= 11 is 0. The molecule has 15 heavy (non-hydrogen) atoms. The number of carbonyl (C=O) groups excluding carboxylic acids is 1. The molecule has 1 unspecified atom stereocenters. The molecule has 3 nitrogen and oxygen atoms in total. The summed E-state index contributed by atoms with van der Waals surface area (Å²) in [6.07, 6.45) is 6.27. The van der Waals surface area contributed by atoms with Crippen molar-refractivity contribution in [2.75, 3.05) is 19.6 Å². The van der Waals surface area contributed by atoms with E-state index in [9.17, 15) is 4.79 Å². The molecule has 2 N–H and O–H groups in total. The highest BCUT2D eigenvalue weighted by Crippen LogP contribution is 2.26. The SMILES string of the molecule is CC1(C(=O)NCC2CCCC2)CCNC1. The van der Waals surface area contributed by atoms with Gasteiger partial charge in [-0.05, 0) is 38.6 Å². The molecule has 1 atom stereocenters. The van der Waals surface area contributed by atoms with E-state index in [4.69, 9.17) is 0 Å². The molecule has 1 saturated carbocycles. The number of rotatable bonds is 3. The quantitative estimate of drug-likeness (QED) is 0.737. The molecule has 1 amide bonds. The summed E-state index contributed by atoms with van der Waals surface area (Å²) in [4.78, 5) is 12.0. The van der Waals surface area contributed by atoms with Gasteiger partial charge in [0.2, 0.25) is 5.91 Å². The van der Waals surface area contributed by atoms with Crippen LogP contribution in [-0.4, -0.2) is 25.5 Å². The van der Waals surface area contributed by atoms with E-state index < -0.39 is 0 Å². The molecule has 2 rings (SSSR count). The molecule has 0 bridgehead atoms. The van der Waals surface area contributed by atoms with Gasteiger partial charge in [-0.3, -0.25) is 4.79 Å². The fraction of sp³-hybridized carbons (Fsp3) is 0.917. The normalized spacial score (nSPS) is 32.1. The first-order valence-electron chi connectivity index (χ1n) is 6.20. The lowest BCUT2D eigenvalue weighted by Gasteiger charge is -2.22. The van der Waals surface area contributed by atoms with E-state index in [1.807, 2.05) is 0 Å². The largest absolute Gasteiger partial charge is 0.355 e. The summed E-state index contributed by atoms with van der Waals surface area (Å²) in [7, 11) is 0. The van der Waals surface area contributed by atoms with Gasteiger partial charge in [0.05, 0.1) is 5.41 Å². The van der Waals surface area contributed by atoms with Gasteiger partial charge in [-0.25, -0.2) is 0 Å². The minimum absolute atomic E-state index is 0.154. The molecule has 3 heteroatoms. The van der Waals surface area contributed by atoms with Crippen LogP contribution in [0.4, 0.5) is 0 Å². The lowest BCUT2D eigenvalue weighted by Crippen LogP contribution is -2.42. The van der Waals surface area contributed by atoms with Crippen LogP contribution in [0.1, 0.15) is 39.0 Å². The van der Waals surface area contributed by atoms with Crippen LogP contribution in [0.2, 0.25) is 0 Å². The van der Waals surface area contributed by atoms with Gasteiger partial charge < -0.3 is 10.6 Å². The molecule has 2 fully saturated rings. The second-order valence-electron chi connectivity index (χ2n) is 5.35. The zero-order chi connectivity index (χ0) is 10.7. The van der Waals surface area contributed by atoms with Gasteiger partial charge in [-0.1, -0.05) is 12.8 Å². The molecular formula is C12H22N2O. The standard InChI is InChI=1S/C12H22N2O/c1-12(6-7-13-9-12)11(15)14-8-10-4-2-3-5-10/h10,13H,2-9H2,1H3,(H,14,15). The van der Waals surface area contributed by atoms with Crippen LogP contribution in [0.15, 0.2) is 0 Å². The van der Waals surface area contributed by atoms with Gasteiger partial charge in [-0.2, -0.15) is 0 Å². The van der Waals surface area contributed by atoms with Crippen molar-refractivity contribution >= 4 is 5.91 Å². The van der Waals surface area contributed by atoms with E-state index in [1.165, 1.54) is 25.7 Å². The van der Waals surface area contributed by atoms with Crippen molar-refractivity contribution in [3.8, 4) is 0 Å². The number of carbonyl (C=O) groups is 1. The predicted molar refractivity (Wildman–Crippen MR) is 60.6 cm³/mol. The summed E-state index contributed by atoms with van der Waals surface area (Å²) in [6.45, 7) is 4.78. The first-order chi connectivity index (χ1) is 7.21. The third kappa shape index (κ3) is 2.51. The molecule has 0 aromatic rings. The predicted octanol–water partition coefficient (Wildman–Crippen LogP) is 1.29. The number of hydrogen-bond acceptors (Lipinski definition) is 2. The zero-order valence-electron chi connectivity index (χ0n) is 9.64. The van der Waals surface area contributed by atoms with Crippen molar-refractivity contribution in [2.45, 2.75) is 39.0 Å². The summed E-state index contributed by atoms with van der Waals surface area (Å²) in [6, 6.07) is 0. The van der Waals surface area contributed by atoms with Crippen LogP contribution in [0.3, 0.4) is 0 Å². The topological polar surface area (TPSA) is 41.1 Å². The maximum Gasteiger partial charge on any atom is 0.227 e. The van der Waals surface area contributed by atoms with E-state index in [2.05, 4.69) is 17.6 Å². The summed E-state index contributed by atoms with van der Waals surface area (Å²) in [5.41, 5.74) is -0.154. The average Bonchev–Trinajstić information content (AvgIpc) is 2.85. The molecule has 1 aliphatic heterocycles. The second-order valence-corrected chi connectivity index (χ2v) is 5.35. The van der Waals surface area contributed by atoms with Crippen molar-refractivity contribution in [3.05, 3.63) is 0 Å². The van der Waals surface area contributed by atoms with Gasteiger partial charge in [0.25, 0.3) is 0 Å². The zero-order valence-corrected chi connectivity index (χ0v) is 9.64. The first-order valence-corrected chi connectivity index (χ1v) is 6.20. The Hall–Kier alpha value is -0.570. The Kier molecular flexibility index (Phi) is 3.29. The molecular weight excluding hydrogens is 188 g/mol. The smallest absolute Gasteiger partial charge is 0.227 e. The van der Waals surface area contributed by atoms with Crippen LogP contribution >= 0.6 is 0 Å². The molecule has 0 radical (unpaired) electrons. The highest BCUT2D eigenvalue weighted by Gasteiger charge is 2.36. The molecule has 86 valence electrons. The van der Waals surface area contributed by atoms with E-state index in [0.717, 1.165) is 32.0 Å². The van der Waals surface area contributed by atoms with Crippen molar-refractivity contribution in [3.63, 3.8) is 0 Å². The molecule has 0 aromatic carbocycles. The minimum Gasteiger partial charge on any atom is -0.355 e.